The lowest BCUT2D eigenvalue weighted by molar-refractivity contribution is -0.120. The second kappa shape index (κ2) is 9.52. The molecule has 144 valence electrons. The fraction of sp³-hybridized carbons (Fsp3) is 0.682. The number of para-hydroxylation sites is 1. The molecule has 0 saturated carbocycles. The highest BCUT2D eigenvalue weighted by Crippen LogP contribution is 2.44. The second-order valence-electron chi connectivity index (χ2n) is 7.90. The van der Waals surface area contributed by atoms with E-state index in [4.69, 9.17) is 4.74 Å². The van der Waals surface area contributed by atoms with Crippen LogP contribution in [-0.4, -0.2) is 31.7 Å². The molecule has 4 heteroatoms. The maximum Gasteiger partial charge on any atom is 0.237 e. The largest absolute Gasteiger partial charge is 0.375 e. The van der Waals surface area contributed by atoms with Crippen LogP contribution < -0.4 is 10.6 Å². The van der Waals surface area contributed by atoms with Gasteiger partial charge < -0.3 is 15.4 Å². The van der Waals surface area contributed by atoms with Crippen molar-refractivity contribution in [3.05, 3.63) is 29.8 Å². The Morgan fingerprint density at radius 1 is 1.12 bits per heavy atom. The van der Waals surface area contributed by atoms with Crippen molar-refractivity contribution in [3.63, 3.8) is 0 Å². The van der Waals surface area contributed by atoms with Gasteiger partial charge in [0, 0.05) is 12.2 Å². The number of carbonyl (C=O) groups excluding carboxylic acids is 1. The number of unbranched alkanes of at least 4 members (excludes halogenated alkanes) is 7. The quantitative estimate of drug-likeness (QED) is 0.577. The van der Waals surface area contributed by atoms with Crippen LogP contribution in [-0.2, 0) is 14.9 Å². The van der Waals surface area contributed by atoms with Gasteiger partial charge in [0.2, 0.25) is 5.91 Å². The van der Waals surface area contributed by atoms with Crippen LogP contribution in [0.4, 0.5) is 5.69 Å². The Hall–Kier alpha value is -1.39. The van der Waals surface area contributed by atoms with E-state index in [1.807, 2.05) is 18.2 Å². The summed E-state index contributed by atoms with van der Waals surface area (Å²) in [6.45, 7) is 4.65. The maximum absolute atomic E-state index is 12.5. The van der Waals surface area contributed by atoms with E-state index in [2.05, 4.69) is 23.6 Å². The number of hydrogen-bond donors (Lipinski definition) is 2. The molecule has 2 aliphatic rings. The molecule has 2 heterocycles. The van der Waals surface area contributed by atoms with Crippen LogP contribution in [0.15, 0.2) is 24.3 Å². The van der Waals surface area contributed by atoms with E-state index in [9.17, 15) is 4.79 Å². The Morgan fingerprint density at radius 3 is 2.65 bits per heavy atom. The summed E-state index contributed by atoms with van der Waals surface area (Å²) in [6.07, 6.45) is 11.7. The molecule has 0 aliphatic carbocycles. The summed E-state index contributed by atoms with van der Waals surface area (Å²) in [4.78, 5) is 12.5. The zero-order chi connectivity index (χ0) is 18.2. The van der Waals surface area contributed by atoms with Gasteiger partial charge >= 0.3 is 0 Å². The van der Waals surface area contributed by atoms with E-state index in [0.717, 1.165) is 30.8 Å². The first-order valence-corrected chi connectivity index (χ1v) is 10.5. The van der Waals surface area contributed by atoms with E-state index in [1.54, 1.807) is 0 Å². The van der Waals surface area contributed by atoms with Gasteiger partial charge in [-0.25, -0.2) is 0 Å². The van der Waals surface area contributed by atoms with Crippen LogP contribution in [0.1, 0.15) is 70.3 Å². The summed E-state index contributed by atoms with van der Waals surface area (Å²) in [5.41, 5.74) is 1.59. The van der Waals surface area contributed by atoms with E-state index in [0.29, 0.717) is 6.61 Å². The number of amides is 1. The summed E-state index contributed by atoms with van der Waals surface area (Å²) in [5, 5.41) is 6.55. The average molecular weight is 359 g/mol. The number of fused-ring (bicyclic) bond motifs is 2. The van der Waals surface area contributed by atoms with Gasteiger partial charge in [-0.05, 0) is 31.0 Å². The van der Waals surface area contributed by atoms with Gasteiger partial charge in [-0.1, -0.05) is 70.1 Å². The molecule has 0 aromatic heterocycles. The third-order valence-electron chi connectivity index (χ3n) is 5.85. The first-order valence-electron chi connectivity index (χ1n) is 10.5. The number of nitrogens with one attached hydrogen (secondary N) is 2. The molecule has 2 unspecified atom stereocenters. The summed E-state index contributed by atoms with van der Waals surface area (Å²) in [6, 6.07) is 8.02. The Kier molecular flexibility index (Phi) is 7.09. The number of rotatable bonds is 11. The third-order valence-corrected chi connectivity index (χ3v) is 5.85. The molecular formula is C22H34N2O2. The van der Waals surface area contributed by atoms with Crippen molar-refractivity contribution in [1.29, 1.82) is 0 Å². The van der Waals surface area contributed by atoms with Gasteiger partial charge in [0.05, 0.1) is 12.7 Å². The Labute approximate surface area is 158 Å². The molecule has 1 aromatic rings. The fourth-order valence-electron chi connectivity index (χ4n) is 4.26. The molecule has 3 rings (SSSR count). The van der Waals surface area contributed by atoms with Crippen LogP contribution in [0.25, 0.3) is 0 Å². The standard InChI is InChI=1S/C22H34N2O2/c1-2-3-4-5-6-7-8-11-14-23-16-18-15-22(17-26-18)19-12-9-10-13-20(19)24-21(22)25/h9-10,12-13,18,23H,2-8,11,14-17H2,1H3,(H,24,25). The summed E-state index contributed by atoms with van der Waals surface area (Å²) in [7, 11) is 0. The van der Waals surface area contributed by atoms with E-state index >= 15 is 0 Å². The predicted octanol–water partition coefficient (Wildman–Crippen LogP) is 4.40. The highest BCUT2D eigenvalue weighted by Gasteiger charge is 2.52. The van der Waals surface area contributed by atoms with Crippen LogP contribution >= 0.6 is 0 Å². The molecule has 1 fully saturated rings. The maximum atomic E-state index is 12.5. The monoisotopic (exact) mass is 358 g/mol. The minimum atomic E-state index is -0.471. The lowest BCUT2D eigenvalue weighted by atomic mass is 9.79. The molecule has 1 aromatic carbocycles. The Balaban J connectivity index is 1.32. The number of benzene rings is 1. The van der Waals surface area contributed by atoms with E-state index in [1.165, 1.54) is 51.4 Å². The molecule has 2 atom stereocenters. The minimum absolute atomic E-state index is 0.101. The molecule has 26 heavy (non-hydrogen) atoms. The Bertz CT molecular complexity index is 589. The topological polar surface area (TPSA) is 50.4 Å². The summed E-state index contributed by atoms with van der Waals surface area (Å²) >= 11 is 0. The minimum Gasteiger partial charge on any atom is -0.375 e. The van der Waals surface area contributed by atoms with E-state index < -0.39 is 5.41 Å². The average Bonchev–Trinajstić information content (AvgIpc) is 3.20. The molecule has 1 saturated heterocycles. The molecule has 2 N–H and O–H groups in total. The van der Waals surface area contributed by atoms with Gasteiger partial charge in [0.15, 0.2) is 0 Å². The van der Waals surface area contributed by atoms with Crippen molar-refractivity contribution in [2.24, 2.45) is 0 Å². The number of anilines is 1. The highest BCUT2D eigenvalue weighted by molar-refractivity contribution is 6.06. The number of carbonyl (C=O) groups is 1. The molecule has 1 spiro atoms. The lowest BCUT2D eigenvalue weighted by Crippen LogP contribution is -2.36. The smallest absolute Gasteiger partial charge is 0.237 e. The molecule has 4 nitrogen and oxygen atoms in total. The van der Waals surface area contributed by atoms with Crippen molar-refractivity contribution in [2.75, 3.05) is 25.0 Å². The van der Waals surface area contributed by atoms with Crippen LogP contribution in [0.2, 0.25) is 0 Å². The fourth-order valence-corrected chi connectivity index (χ4v) is 4.26. The van der Waals surface area contributed by atoms with Crippen molar-refractivity contribution in [3.8, 4) is 0 Å². The zero-order valence-electron chi connectivity index (χ0n) is 16.2. The second-order valence-corrected chi connectivity index (χ2v) is 7.90. The molecule has 0 bridgehead atoms. The Morgan fingerprint density at radius 2 is 1.85 bits per heavy atom. The number of ether oxygens (including phenoxy) is 1. The third kappa shape index (κ3) is 4.47. The normalized spacial score (nSPS) is 24.2. The zero-order valence-corrected chi connectivity index (χ0v) is 16.2. The van der Waals surface area contributed by atoms with E-state index in [-0.39, 0.29) is 12.0 Å². The van der Waals surface area contributed by atoms with Gasteiger partial charge in [-0.15, -0.1) is 0 Å². The molecular weight excluding hydrogens is 324 g/mol. The van der Waals surface area contributed by atoms with Crippen molar-refractivity contribution >= 4 is 11.6 Å². The van der Waals surface area contributed by atoms with Crippen molar-refractivity contribution in [2.45, 2.75) is 76.2 Å². The van der Waals surface area contributed by atoms with Crippen molar-refractivity contribution in [1.82, 2.24) is 5.32 Å². The SMILES string of the molecule is CCCCCCCCCCNCC1CC2(CO1)C(=O)Nc1ccccc12. The summed E-state index contributed by atoms with van der Waals surface area (Å²) < 4.78 is 5.98. The molecule has 0 radical (unpaired) electrons. The number of hydrogen-bond acceptors (Lipinski definition) is 3. The van der Waals surface area contributed by atoms with Crippen molar-refractivity contribution < 1.29 is 9.53 Å². The molecule has 1 amide bonds. The van der Waals surface area contributed by atoms with Gasteiger partial charge in [0.1, 0.15) is 5.41 Å². The lowest BCUT2D eigenvalue weighted by Gasteiger charge is -2.19. The van der Waals surface area contributed by atoms with Crippen LogP contribution in [0, 0.1) is 0 Å². The summed E-state index contributed by atoms with van der Waals surface area (Å²) in [5.74, 6) is 0.101. The predicted molar refractivity (Wildman–Crippen MR) is 107 cm³/mol. The van der Waals surface area contributed by atoms with Crippen LogP contribution in [0.3, 0.4) is 0 Å². The van der Waals surface area contributed by atoms with Gasteiger partial charge in [-0.3, -0.25) is 4.79 Å². The van der Waals surface area contributed by atoms with Crippen LogP contribution in [0.5, 0.6) is 0 Å². The highest BCUT2D eigenvalue weighted by atomic mass is 16.5. The molecule has 2 aliphatic heterocycles. The van der Waals surface area contributed by atoms with Gasteiger partial charge in [0.25, 0.3) is 0 Å². The first kappa shape index (κ1) is 19.4. The first-order chi connectivity index (χ1) is 12.8. The van der Waals surface area contributed by atoms with Gasteiger partial charge in [-0.2, -0.15) is 0 Å².